The summed E-state index contributed by atoms with van der Waals surface area (Å²) in [5, 5.41) is 11.6. The average Bonchev–Trinajstić information content (AvgIpc) is 2.84. The van der Waals surface area contributed by atoms with Gasteiger partial charge >= 0.3 is 5.97 Å². The Morgan fingerprint density at radius 3 is 2.72 bits per heavy atom. The Hall–Kier alpha value is -1.91. The van der Waals surface area contributed by atoms with Gasteiger partial charge in [0.2, 0.25) is 5.91 Å². The number of carboxylic acids is 1. The summed E-state index contributed by atoms with van der Waals surface area (Å²) in [6, 6.07) is 3.00. The zero-order chi connectivity index (χ0) is 12.7. The predicted octanol–water partition coefficient (Wildman–Crippen LogP) is 1.76. The molecule has 5 nitrogen and oxygen atoms in total. The summed E-state index contributed by atoms with van der Waals surface area (Å²) in [6.45, 7) is 0. The molecular formula is C13H14N2O3. The summed E-state index contributed by atoms with van der Waals surface area (Å²) in [4.78, 5) is 26.5. The summed E-state index contributed by atoms with van der Waals surface area (Å²) in [6.07, 6.45) is 4.93. The van der Waals surface area contributed by atoms with Crippen LogP contribution >= 0.6 is 0 Å². The second-order valence-corrected chi connectivity index (χ2v) is 5.01. The van der Waals surface area contributed by atoms with E-state index < -0.39 is 5.97 Å². The highest BCUT2D eigenvalue weighted by molar-refractivity contribution is 5.96. The maximum atomic E-state index is 12.0. The van der Waals surface area contributed by atoms with Gasteiger partial charge in [0.1, 0.15) is 5.69 Å². The molecule has 0 saturated heterocycles. The number of amides is 1. The summed E-state index contributed by atoms with van der Waals surface area (Å²) in [5.74, 6) is 0.193. The molecule has 2 saturated carbocycles. The highest BCUT2D eigenvalue weighted by Crippen LogP contribution is 2.57. The Labute approximate surface area is 104 Å². The lowest BCUT2D eigenvalue weighted by Gasteiger charge is -2.06. The van der Waals surface area contributed by atoms with Crippen LogP contribution < -0.4 is 5.32 Å². The number of pyridine rings is 1. The van der Waals surface area contributed by atoms with Crippen molar-refractivity contribution in [3.63, 3.8) is 0 Å². The molecule has 18 heavy (non-hydrogen) atoms. The molecule has 1 heterocycles. The number of carboxylic acid groups (broad SMARTS) is 1. The SMILES string of the molecule is O=C(O)c1cc(NC(=O)C2C3CCCC32)ccn1. The van der Waals surface area contributed by atoms with E-state index >= 15 is 0 Å². The van der Waals surface area contributed by atoms with Gasteiger partial charge in [0.25, 0.3) is 0 Å². The second-order valence-electron chi connectivity index (χ2n) is 5.01. The molecule has 1 amide bonds. The standard InChI is InChI=1S/C13H14N2O3/c16-12(11-8-2-1-3-9(8)11)15-7-4-5-14-10(6-7)13(17)18/h4-6,8-9,11H,1-3H2,(H,17,18)(H,14,15,16). The summed E-state index contributed by atoms with van der Waals surface area (Å²) in [5.41, 5.74) is 0.459. The second kappa shape index (κ2) is 4.08. The maximum absolute atomic E-state index is 12.0. The van der Waals surface area contributed by atoms with Gasteiger partial charge in [-0.3, -0.25) is 4.79 Å². The number of rotatable bonds is 3. The van der Waals surface area contributed by atoms with Crippen LogP contribution in [0, 0.1) is 17.8 Å². The van der Waals surface area contributed by atoms with Crippen molar-refractivity contribution >= 4 is 17.6 Å². The zero-order valence-corrected chi connectivity index (χ0v) is 9.80. The molecule has 0 aromatic carbocycles. The van der Waals surface area contributed by atoms with Gasteiger partial charge in [-0.05, 0) is 36.8 Å². The molecule has 0 spiro atoms. The Bertz CT molecular complexity index is 505. The van der Waals surface area contributed by atoms with Gasteiger partial charge in [-0.1, -0.05) is 6.42 Å². The van der Waals surface area contributed by atoms with E-state index in [2.05, 4.69) is 10.3 Å². The third kappa shape index (κ3) is 1.85. The van der Waals surface area contributed by atoms with Crippen LogP contribution in [0.25, 0.3) is 0 Å². The lowest BCUT2D eigenvalue weighted by molar-refractivity contribution is -0.118. The molecule has 94 valence electrons. The van der Waals surface area contributed by atoms with Crippen molar-refractivity contribution < 1.29 is 14.7 Å². The smallest absolute Gasteiger partial charge is 0.354 e. The van der Waals surface area contributed by atoms with Crippen LogP contribution in [0.2, 0.25) is 0 Å². The van der Waals surface area contributed by atoms with Crippen LogP contribution in [0.3, 0.4) is 0 Å². The van der Waals surface area contributed by atoms with E-state index in [0.717, 1.165) is 12.8 Å². The van der Waals surface area contributed by atoms with Crippen LogP contribution in [-0.4, -0.2) is 22.0 Å². The monoisotopic (exact) mass is 246 g/mol. The number of carbonyl (C=O) groups is 2. The molecular weight excluding hydrogens is 232 g/mol. The maximum Gasteiger partial charge on any atom is 0.354 e. The Balaban J connectivity index is 1.67. The lowest BCUT2D eigenvalue weighted by atomic mass is 10.1. The van der Waals surface area contributed by atoms with Gasteiger partial charge in [-0.25, -0.2) is 9.78 Å². The minimum Gasteiger partial charge on any atom is -0.477 e. The van der Waals surface area contributed by atoms with E-state index in [9.17, 15) is 9.59 Å². The quantitative estimate of drug-likeness (QED) is 0.851. The number of nitrogens with zero attached hydrogens (tertiary/aromatic N) is 1. The van der Waals surface area contributed by atoms with Crippen LogP contribution in [0.15, 0.2) is 18.3 Å². The molecule has 0 radical (unpaired) electrons. The van der Waals surface area contributed by atoms with E-state index in [1.54, 1.807) is 6.07 Å². The molecule has 2 aliphatic carbocycles. The molecule has 2 unspecified atom stereocenters. The third-order valence-corrected chi connectivity index (χ3v) is 3.96. The number of hydrogen-bond donors (Lipinski definition) is 2. The molecule has 2 N–H and O–H groups in total. The number of carbonyl (C=O) groups excluding carboxylic acids is 1. The van der Waals surface area contributed by atoms with Crippen molar-refractivity contribution in [1.29, 1.82) is 0 Å². The number of fused-ring (bicyclic) bond motifs is 1. The van der Waals surface area contributed by atoms with Gasteiger partial charge in [-0.15, -0.1) is 0 Å². The molecule has 2 fully saturated rings. The van der Waals surface area contributed by atoms with Crippen molar-refractivity contribution in [3.05, 3.63) is 24.0 Å². The number of aromatic carboxylic acids is 1. The average molecular weight is 246 g/mol. The van der Waals surface area contributed by atoms with Crippen LogP contribution in [0.4, 0.5) is 5.69 Å². The first kappa shape index (κ1) is 11.2. The number of hydrogen-bond acceptors (Lipinski definition) is 3. The Morgan fingerprint density at radius 2 is 2.06 bits per heavy atom. The lowest BCUT2D eigenvalue weighted by Crippen LogP contribution is -2.17. The minimum atomic E-state index is -1.09. The van der Waals surface area contributed by atoms with Crippen LogP contribution in [-0.2, 0) is 4.79 Å². The van der Waals surface area contributed by atoms with E-state index in [1.807, 2.05) is 0 Å². The molecule has 2 atom stereocenters. The molecule has 0 aliphatic heterocycles. The third-order valence-electron chi connectivity index (χ3n) is 3.96. The van der Waals surface area contributed by atoms with Gasteiger partial charge in [0.05, 0.1) is 0 Å². The first-order valence-electron chi connectivity index (χ1n) is 6.17. The van der Waals surface area contributed by atoms with Crippen molar-refractivity contribution in [3.8, 4) is 0 Å². The Kier molecular flexibility index (Phi) is 2.54. The summed E-state index contributed by atoms with van der Waals surface area (Å²) in [7, 11) is 0. The molecule has 1 aromatic heterocycles. The van der Waals surface area contributed by atoms with Crippen molar-refractivity contribution in [1.82, 2.24) is 4.98 Å². The van der Waals surface area contributed by atoms with E-state index in [-0.39, 0.29) is 17.5 Å². The first-order valence-corrected chi connectivity index (χ1v) is 6.17. The molecule has 1 aromatic rings. The van der Waals surface area contributed by atoms with Gasteiger partial charge in [0.15, 0.2) is 0 Å². The van der Waals surface area contributed by atoms with Crippen molar-refractivity contribution in [2.75, 3.05) is 5.32 Å². The number of nitrogens with one attached hydrogen (secondary N) is 1. The van der Waals surface area contributed by atoms with E-state index in [1.165, 1.54) is 18.7 Å². The summed E-state index contributed by atoms with van der Waals surface area (Å²) >= 11 is 0. The minimum absolute atomic E-state index is 0.0206. The van der Waals surface area contributed by atoms with Gasteiger partial charge in [0, 0.05) is 17.8 Å². The Morgan fingerprint density at radius 1 is 1.33 bits per heavy atom. The molecule has 2 aliphatic rings. The first-order chi connectivity index (χ1) is 8.66. The van der Waals surface area contributed by atoms with E-state index in [4.69, 9.17) is 5.11 Å². The summed E-state index contributed by atoms with van der Waals surface area (Å²) < 4.78 is 0. The highest BCUT2D eigenvalue weighted by Gasteiger charge is 2.56. The molecule has 3 rings (SSSR count). The zero-order valence-electron chi connectivity index (χ0n) is 9.80. The topological polar surface area (TPSA) is 79.3 Å². The molecule has 5 heteroatoms. The van der Waals surface area contributed by atoms with Gasteiger partial charge in [-0.2, -0.15) is 0 Å². The van der Waals surface area contributed by atoms with E-state index in [0.29, 0.717) is 17.5 Å². The molecule has 0 bridgehead atoms. The van der Waals surface area contributed by atoms with Gasteiger partial charge < -0.3 is 10.4 Å². The normalized spacial score (nSPS) is 28.6. The van der Waals surface area contributed by atoms with Crippen molar-refractivity contribution in [2.24, 2.45) is 17.8 Å². The fourth-order valence-corrected chi connectivity index (χ4v) is 3.06. The highest BCUT2D eigenvalue weighted by atomic mass is 16.4. The fraction of sp³-hybridized carbons (Fsp3) is 0.462. The fourth-order valence-electron chi connectivity index (χ4n) is 3.06. The van der Waals surface area contributed by atoms with Crippen LogP contribution in [0.5, 0.6) is 0 Å². The van der Waals surface area contributed by atoms with Crippen molar-refractivity contribution in [2.45, 2.75) is 19.3 Å². The number of aromatic nitrogens is 1. The number of anilines is 1. The largest absolute Gasteiger partial charge is 0.477 e. The predicted molar refractivity (Wildman–Crippen MR) is 64.1 cm³/mol. The van der Waals surface area contributed by atoms with Crippen LogP contribution in [0.1, 0.15) is 29.8 Å².